The monoisotopic (exact) mass is 294 g/mol. The topological polar surface area (TPSA) is 104 Å². The van der Waals surface area contributed by atoms with Crippen molar-refractivity contribution in [1.82, 2.24) is 9.97 Å². The van der Waals surface area contributed by atoms with Crippen LogP contribution in [0.3, 0.4) is 0 Å². The van der Waals surface area contributed by atoms with Gasteiger partial charge in [0.15, 0.2) is 0 Å². The highest BCUT2D eigenvalue weighted by Crippen LogP contribution is 2.22. The minimum atomic E-state index is -0.984. The van der Waals surface area contributed by atoms with Crippen LogP contribution >= 0.6 is 0 Å². The molecule has 0 aliphatic rings. The Morgan fingerprint density at radius 2 is 2.18 bits per heavy atom. The molecule has 2 heterocycles. The minimum absolute atomic E-state index is 0.673. The summed E-state index contributed by atoms with van der Waals surface area (Å²) in [5, 5.41) is 12.7. The number of benzene rings is 1. The molecule has 0 spiro atoms. The lowest BCUT2D eigenvalue weighted by molar-refractivity contribution is -0.131. The lowest BCUT2D eigenvalue weighted by Crippen LogP contribution is -1.94. The van der Waals surface area contributed by atoms with E-state index in [1.54, 1.807) is 6.20 Å². The van der Waals surface area contributed by atoms with Crippen LogP contribution in [0.1, 0.15) is 5.56 Å². The van der Waals surface area contributed by atoms with Crippen molar-refractivity contribution in [2.24, 2.45) is 0 Å². The molecule has 110 valence electrons. The van der Waals surface area contributed by atoms with Crippen LogP contribution in [0, 0.1) is 0 Å². The van der Waals surface area contributed by atoms with Crippen molar-refractivity contribution in [1.29, 1.82) is 0 Å². The summed E-state index contributed by atoms with van der Waals surface area (Å²) in [7, 11) is 0. The molecule has 0 amide bonds. The van der Waals surface area contributed by atoms with Crippen LogP contribution in [0.5, 0.6) is 0 Å². The molecule has 0 unspecified atom stereocenters. The van der Waals surface area contributed by atoms with Crippen molar-refractivity contribution < 1.29 is 9.90 Å². The van der Waals surface area contributed by atoms with Gasteiger partial charge in [-0.05, 0) is 36.4 Å². The van der Waals surface area contributed by atoms with Crippen LogP contribution in [0.2, 0.25) is 0 Å². The fourth-order valence-electron chi connectivity index (χ4n) is 2.16. The number of nitrogen functional groups attached to an aromatic ring is 1. The summed E-state index contributed by atoms with van der Waals surface area (Å²) in [5.74, 6) is -0.309. The number of nitrogens with zero attached hydrogens (tertiary/aromatic N) is 1. The Kier molecular flexibility index (Phi) is 3.49. The zero-order valence-electron chi connectivity index (χ0n) is 11.6. The second kappa shape index (κ2) is 5.61. The molecule has 0 aliphatic carbocycles. The Balaban J connectivity index is 1.89. The molecule has 0 fully saturated rings. The number of H-pyrrole nitrogens is 1. The number of aromatic amines is 1. The van der Waals surface area contributed by atoms with Gasteiger partial charge in [-0.1, -0.05) is 6.07 Å². The number of rotatable bonds is 4. The standard InChI is InChI=1S/C16H14N4O2/c17-11-2-1-3-12(8-11)19-14-6-5-13-10(4-7-15(21)22)9-18-16(13)20-14/h1-9H,17H2,(H,21,22)(H2,18,19,20)/b7-4+. The molecule has 0 bridgehead atoms. The van der Waals surface area contributed by atoms with Gasteiger partial charge in [-0.3, -0.25) is 0 Å². The maximum atomic E-state index is 10.6. The first-order valence-electron chi connectivity index (χ1n) is 6.63. The zero-order chi connectivity index (χ0) is 15.5. The van der Waals surface area contributed by atoms with Crippen molar-refractivity contribution in [2.45, 2.75) is 0 Å². The quantitative estimate of drug-likeness (QED) is 0.437. The molecule has 22 heavy (non-hydrogen) atoms. The summed E-state index contributed by atoms with van der Waals surface area (Å²) in [6, 6.07) is 11.1. The summed E-state index contributed by atoms with van der Waals surface area (Å²) in [4.78, 5) is 18.1. The number of pyridine rings is 1. The van der Waals surface area contributed by atoms with Gasteiger partial charge in [-0.15, -0.1) is 0 Å². The molecule has 0 aliphatic heterocycles. The average molecular weight is 294 g/mol. The number of nitrogens with two attached hydrogens (primary N) is 1. The van der Waals surface area contributed by atoms with E-state index in [0.29, 0.717) is 17.2 Å². The minimum Gasteiger partial charge on any atom is -0.478 e. The van der Waals surface area contributed by atoms with Gasteiger partial charge in [0.1, 0.15) is 11.5 Å². The van der Waals surface area contributed by atoms with Gasteiger partial charge in [-0.25, -0.2) is 9.78 Å². The Bertz CT molecular complexity index is 867. The predicted molar refractivity (Wildman–Crippen MR) is 86.9 cm³/mol. The Morgan fingerprint density at radius 1 is 1.32 bits per heavy atom. The van der Waals surface area contributed by atoms with Gasteiger partial charge < -0.3 is 21.1 Å². The van der Waals surface area contributed by atoms with E-state index in [4.69, 9.17) is 10.8 Å². The predicted octanol–water partition coefficient (Wildman–Crippen LogP) is 2.99. The first-order valence-corrected chi connectivity index (χ1v) is 6.63. The molecule has 6 heteroatoms. The highest BCUT2D eigenvalue weighted by atomic mass is 16.4. The first kappa shape index (κ1) is 13.7. The van der Waals surface area contributed by atoms with E-state index < -0.39 is 5.97 Å². The molecule has 0 saturated carbocycles. The number of hydrogen-bond donors (Lipinski definition) is 4. The van der Waals surface area contributed by atoms with Crippen molar-refractivity contribution in [3.63, 3.8) is 0 Å². The number of nitrogens with one attached hydrogen (secondary N) is 2. The van der Waals surface area contributed by atoms with Gasteiger partial charge >= 0.3 is 5.97 Å². The lowest BCUT2D eigenvalue weighted by Gasteiger charge is -2.06. The lowest BCUT2D eigenvalue weighted by atomic mass is 10.2. The van der Waals surface area contributed by atoms with Gasteiger partial charge in [0.25, 0.3) is 0 Å². The van der Waals surface area contributed by atoms with Crippen molar-refractivity contribution in [3.05, 3.63) is 54.2 Å². The van der Waals surface area contributed by atoms with Crippen LogP contribution in [0.15, 0.2) is 48.7 Å². The van der Waals surface area contributed by atoms with E-state index in [-0.39, 0.29) is 0 Å². The van der Waals surface area contributed by atoms with Crippen LogP contribution in [-0.4, -0.2) is 21.0 Å². The summed E-state index contributed by atoms with van der Waals surface area (Å²) < 4.78 is 0. The SMILES string of the molecule is Nc1cccc(Nc2ccc3c(/C=C/C(=O)O)c[nH]c3n2)c1. The van der Waals surface area contributed by atoms with E-state index in [1.165, 1.54) is 6.08 Å². The maximum absolute atomic E-state index is 10.6. The van der Waals surface area contributed by atoms with Crippen molar-refractivity contribution in [2.75, 3.05) is 11.1 Å². The van der Waals surface area contributed by atoms with Gasteiger partial charge in [0.05, 0.1) is 0 Å². The Labute approximate surface area is 126 Å². The molecule has 5 N–H and O–H groups in total. The van der Waals surface area contributed by atoms with E-state index in [9.17, 15) is 4.79 Å². The van der Waals surface area contributed by atoms with E-state index >= 15 is 0 Å². The number of anilines is 3. The summed E-state index contributed by atoms with van der Waals surface area (Å²) in [6.07, 6.45) is 4.36. The molecule has 2 aromatic heterocycles. The molecule has 3 rings (SSSR count). The number of fused-ring (bicyclic) bond motifs is 1. The smallest absolute Gasteiger partial charge is 0.328 e. The number of hydrogen-bond acceptors (Lipinski definition) is 4. The van der Waals surface area contributed by atoms with Crippen LogP contribution in [0.4, 0.5) is 17.2 Å². The summed E-state index contributed by atoms with van der Waals surface area (Å²) in [6.45, 7) is 0. The number of carboxylic acid groups (broad SMARTS) is 1. The third kappa shape index (κ3) is 2.90. The third-order valence-electron chi connectivity index (χ3n) is 3.14. The number of carbonyl (C=O) groups is 1. The van der Waals surface area contributed by atoms with E-state index in [1.807, 2.05) is 36.4 Å². The normalized spacial score (nSPS) is 11.1. The van der Waals surface area contributed by atoms with Gasteiger partial charge in [0.2, 0.25) is 0 Å². The van der Waals surface area contributed by atoms with Gasteiger partial charge in [0, 0.05) is 34.6 Å². The summed E-state index contributed by atoms with van der Waals surface area (Å²) >= 11 is 0. The van der Waals surface area contributed by atoms with Crippen LogP contribution in [-0.2, 0) is 4.79 Å². The summed E-state index contributed by atoms with van der Waals surface area (Å²) in [5.41, 5.74) is 8.72. The highest BCUT2D eigenvalue weighted by molar-refractivity contribution is 5.92. The second-order valence-corrected chi connectivity index (χ2v) is 4.76. The number of carboxylic acids is 1. The first-order chi connectivity index (χ1) is 10.6. The molecular weight excluding hydrogens is 280 g/mol. The average Bonchev–Trinajstić information content (AvgIpc) is 2.87. The van der Waals surface area contributed by atoms with E-state index in [2.05, 4.69) is 15.3 Å². The molecule has 0 saturated heterocycles. The zero-order valence-corrected chi connectivity index (χ0v) is 11.6. The molecule has 6 nitrogen and oxygen atoms in total. The van der Waals surface area contributed by atoms with E-state index in [0.717, 1.165) is 22.7 Å². The maximum Gasteiger partial charge on any atom is 0.328 e. The molecule has 0 radical (unpaired) electrons. The van der Waals surface area contributed by atoms with Gasteiger partial charge in [-0.2, -0.15) is 0 Å². The largest absolute Gasteiger partial charge is 0.478 e. The molecular formula is C16H14N4O2. The van der Waals surface area contributed by atoms with Crippen molar-refractivity contribution >= 4 is 40.3 Å². The number of aliphatic carboxylic acids is 1. The fraction of sp³-hybridized carbons (Fsp3) is 0. The molecule has 1 aromatic carbocycles. The Hall–Kier alpha value is -3.28. The molecule has 0 atom stereocenters. The third-order valence-corrected chi connectivity index (χ3v) is 3.14. The van der Waals surface area contributed by atoms with Crippen LogP contribution < -0.4 is 11.1 Å². The molecule has 3 aromatic rings. The highest BCUT2D eigenvalue weighted by Gasteiger charge is 2.04. The second-order valence-electron chi connectivity index (χ2n) is 4.76. The fourth-order valence-corrected chi connectivity index (χ4v) is 2.16. The number of aromatic nitrogens is 2. The van der Waals surface area contributed by atoms with Crippen LogP contribution in [0.25, 0.3) is 17.1 Å². The van der Waals surface area contributed by atoms with Crippen molar-refractivity contribution in [3.8, 4) is 0 Å². The Morgan fingerprint density at radius 3 is 2.95 bits per heavy atom.